The molecular formula is C22H16ClF2N3O5. The number of hydrogen-bond acceptors (Lipinski definition) is 5. The number of primary amides is 1. The molecule has 1 aromatic heterocycles. The van der Waals surface area contributed by atoms with Gasteiger partial charge in [0.15, 0.2) is 0 Å². The third-order valence-corrected chi connectivity index (χ3v) is 4.77. The van der Waals surface area contributed by atoms with Crippen molar-refractivity contribution in [2.45, 2.75) is 13.0 Å². The van der Waals surface area contributed by atoms with Crippen molar-refractivity contribution in [1.82, 2.24) is 4.98 Å². The number of ether oxygens (including phenoxy) is 1. The van der Waals surface area contributed by atoms with E-state index in [1.54, 1.807) is 12.1 Å². The van der Waals surface area contributed by atoms with Gasteiger partial charge in [-0.25, -0.2) is 23.5 Å². The van der Waals surface area contributed by atoms with E-state index in [-0.39, 0.29) is 23.1 Å². The smallest absolute Gasteiger partial charge is 0.325 e. The van der Waals surface area contributed by atoms with Crippen LogP contribution in [0.1, 0.15) is 12.0 Å². The standard InChI is InChI=1S/C22H16ClF2N3O5/c23-14-5-1-4-12(13(14)11-33-20(31)10-19(29)30)17-8-3-9-18(27-17)28(22(26)32)21-15(24)6-2-7-16(21)25/h1-9H,10-11H2,(H2,26,32)(H,29,30). The number of amides is 2. The van der Waals surface area contributed by atoms with Crippen LogP contribution in [-0.2, 0) is 20.9 Å². The largest absolute Gasteiger partial charge is 0.481 e. The van der Waals surface area contributed by atoms with Crippen molar-refractivity contribution in [1.29, 1.82) is 0 Å². The van der Waals surface area contributed by atoms with Crippen molar-refractivity contribution in [2.24, 2.45) is 5.73 Å². The fraction of sp³-hybridized carbons (Fsp3) is 0.0909. The highest BCUT2D eigenvalue weighted by Gasteiger charge is 2.24. The average molecular weight is 476 g/mol. The van der Waals surface area contributed by atoms with Gasteiger partial charge in [0, 0.05) is 16.1 Å². The monoisotopic (exact) mass is 475 g/mol. The van der Waals surface area contributed by atoms with Crippen molar-refractivity contribution >= 4 is 41.1 Å². The van der Waals surface area contributed by atoms with Gasteiger partial charge in [0.2, 0.25) is 0 Å². The maximum Gasteiger partial charge on any atom is 0.325 e. The molecule has 11 heteroatoms. The van der Waals surface area contributed by atoms with Crippen LogP contribution < -0.4 is 10.6 Å². The van der Waals surface area contributed by atoms with Crippen LogP contribution >= 0.6 is 11.6 Å². The molecule has 0 bridgehead atoms. The first kappa shape index (κ1) is 23.6. The highest BCUT2D eigenvalue weighted by atomic mass is 35.5. The summed E-state index contributed by atoms with van der Waals surface area (Å²) in [6.45, 7) is -0.353. The lowest BCUT2D eigenvalue weighted by atomic mass is 10.0. The van der Waals surface area contributed by atoms with Gasteiger partial charge in [0.25, 0.3) is 0 Å². The molecule has 0 atom stereocenters. The summed E-state index contributed by atoms with van der Waals surface area (Å²) in [5.74, 6) is -4.52. The first-order valence-corrected chi connectivity index (χ1v) is 9.72. The molecule has 0 spiro atoms. The second-order valence-electron chi connectivity index (χ2n) is 6.62. The molecule has 0 aliphatic carbocycles. The molecule has 170 valence electrons. The first-order valence-electron chi connectivity index (χ1n) is 9.35. The van der Waals surface area contributed by atoms with Gasteiger partial charge in [-0.3, -0.25) is 9.59 Å². The zero-order valence-electron chi connectivity index (χ0n) is 16.8. The number of benzene rings is 2. The summed E-state index contributed by atoms with van der Waals surface area (Å²) in [6.07, 6.45) is -0.824. The van der Waals surface area contributed by atoms with Crippen LogP contribution in [0, 0.1) is 11.6 Å². The molecule has 0 aliphatic heterocycles. The quantitative estimate of drug-likeness (QED) is 0.385. The highest BCUT2D eigenvalue weighted by molar-refractivity contribution is 6.31. The number of esters is 1. The van der Waals surface area contributed by atoms with Crippen molar-refractivity contribution in [2.75, 3.05) is 4.90 Å². The van der Waals surface area contributed by atoms with Gasteiger partial charge in [-0.1, -0.05) is 35.9 Å². The van der Waals surface area contributed by atoms with Gasteiger partial charge in [-0.2, -0.15) is 0 Å². The molecule has 0 saturated carbocycles. The Labute approximate surface area is 191 Å². The molecule has 2 amide bonds. The van der Waals surface area contributed by atoms with Gasteiger partial charge in [0.05, 0.1) is 5.69 Å². The van der Waals surface area contributed by atoms with E-state index in [4.69, 9.17) is 27.2 Å². The molecule has 0 aliphatic rings. The molecule has 33 heavy (non-hydrogen) atoms. The van der Waals surface area contributed by atoms with Gasteiger partial charge >= 0.3 is 18.0 Å². The molecule has 0 saturated heterocycles. The fourth-order valence-electron chi connectivity index (χ4n) is 3.01. The number of rotatable bonds is 7. The van der Waals surface area contributed by atoms with Gasteiger partial charge in [0.1, 0.15) is 36.2 Å². The lowest BCUT2D eigenvalue weighted by molar-refractivity contribution is -0.152. The Balaban J connectivity index is 2.03. The number of urea groups is 1. The van der Waals surface area contributed by atoms with E-state index < -0.39 is 41.7 Å². The van der Waals surface area contributed by atoms with Crippen LogP contribution in [-0.4, -0.2) is 28.1 Å². The SMILES string of the molecule is NC(=O)N(c1cccc(-c2cccc(Cl)c2COC(=O)CC(=O)O)n1)c1c(F)cccc1F. The number of aliphatic carboxylic acids is 1. The Hall–Kier alpha value is -4.05. The van der Waals surface area contributed by atoms with Crippen molar-refractivity contribution < 1.29 is 33.0 Å². The zero-order chi connectivity index (χ0) is 24.1. The summed E-state index contributed by atoms with van der Waals surface area (Å²) in [5, 5.41) is 8.90. The highest BCUT2D eigenvalue weighted by Crippen LogP contribution is 2.33. The van der Waals surface area contributed by atoms with Crippen LogP contribution in [0.3, 0.4) is 0 Å². The number of nitrogens with zero attached hydrogens (tertiary/aromatic N) is 2. The third kappa shape index (κ3) is 5.42. The summed E-state index contributed by atoms with van der Waals surface area (Å²) in [4.78, 5) is 39.3. The number of carboxylic acid groups (broad SMARTS) is 1. The maximum absolute atomic E-state index is 14.3. The minimum atomic E-state index is -1.35. The number of para-hydroxylation sites is 1. The molecule has 8 nitrogen and oxygen atoms in total. The summed E-state index contributed by atoms with van der Waals surface area (Å²) in [5.41, 5.74) is 5.61. The number of halogens is 3. The summed E-state index contributed by atoms with van der Waals surface area (Å²) < 4.78 is 33.6. The Kier molecular flexibility index (Phi) is 7.19. The molecule has 0 radical (unpaired) electrons. The van der Waals surface area contributed by atoms with E-state index in [0.29, 0.717) is 16.0 Å². The third-order valence-electron chi connectivity index (χ3n) is 4.41. The Bertz CT molecular complexity index is 1220. The molecule has 1 heterocycles. The molecule has 3 rings (SSSR count). The predicted molar refractivity (Wildman–Crippen MR) is 115 cm³/mol. The number of anilines is 2. The second-order valence-corrected chi connectivity index (χ2v) is 7.03. The second kappa shape index (κ2) is 10.0. The van der Waals surface area contributed by atoms with E-state index in [0.717, 1.165) is 18.2 Å². The number of carbonyl (C=O) groups is 3. The normalized spacial score (nSPS) is 10.5. The average Bonchev–Trinajstić information content (AvgIpc) is 2.74. The van der Waals surface area contributed by atoms with Gasteiger partial charge < -0.3 is 15.6 Å². The van der Waals surface area contributed by atoms with Crippen molar-refractivity contribution in [3.8, 4) is 11.3 Å². The molecule has 0 unspecified atom stereocenters. The summed E-state index contributed by atoms with van der Waals surface area (Å²) in [6, 6.07) is 11.0. The topological polar surface area (TPSA) is 123 Å². The Morgan fingerprint density at radius 2 is 1.67 bits per heavy atom. The number of pyridine rings is 1. The Morgan fingerprint density at radius 3 is 2.30 bits per heavy atom. The number of nitrogens with two attached hydrogens (primary N) is 1. The minimum Gasteiger partial charge on any atom is -0.481 e. The molecule has 3 aromatic rings. The van der Waals surface area contributed by atoms with E-state index in [1.807, 2.05) is 0 Å². The van der Waals surface area contributed by atoms with Gasteiger partial charge in [-0.15, -0.1) is 0 Å². The van der Waals surface area contributed by atoms with Crippen LogP contribution in [0.2, 0.25) is 5.02 Å². The molecule has 3 N–H and O–H groups in total. The van der Waals surface area contributed by atoms with E-state index in [2.05, 4.69) is 4.98 Å². The van der Waals surface area contributed by atoms with E-state index >= 15 is 0 Å². The fourth-order valence-corrected chi connectivity index (χ4v) is 3.24. The number of carboxylic acids is 1. The lowest BCUT2D eigenvalue weighted by Crippen LogP contribution is -2.33. The van der Waals surface area contributed by atoms with Crippen molar-refractivity contribution in [3.05, 3.63) is 76.8 Å². The van der Waals surface area contributed by atoms with Crippen LogP contribution in [0.5, 0.6) is 0 Å². The van der Waals surface area contributed by atoms with E-state index in [9.17, 15) is 23.2 Å². The van der Waals surface area contributed by atoms with Crippen LogP contribution in [0.15, 0.2) is 54.6 Å². The van der Waals surface area contributed by atoms with Crippen LogP contribution in [0.25, 0.3) is 11.3 Å². The van der Waals surface area contributed by atoms with Gasteiger partial charge in [-0.05, 0) is 30.3 Å². The Morgan fingerprint density at radius 1 is 1.03 bits per heavy atom. The number of carbonyl (C=O) groups excluding carboxylic acids is 2. The zero-order valence-corrected chi connectivity index (χ0v) is 17.6. The minimum absolute atomic E-state index is 0.169. The van der Waals surface area contributed by atoms with Crippen molar-refractivity contribution in [3.63, 3.8) is 0 Å². The maximum atomic E-state index is 14.3. The molecule has 0 fully saturated rings. The molecule has 2 aromatic carbocycles. The molecular weight excluding hydrogens is 460 g/mol. The number of aromatic nitrogens is 1. The lowest BCUT2D eigenvalue weighted by Gasteiger charge is -2.21. The summed E-state index contributed by atoms with van der Waals surface area (Å²) >= 11 is 6.24. The van der Waals surface area contributed by atoms with Crippen LogP contribution in [0.4, 0.5) is 25.1 Å². The summed E-state index contributed by atoms with van der Waals surface area (Å²) in [7, 11) is 0. The van der Waals surface area contributed by atoms with E-state index in [1.165, 1.54) is 24.3 Å². The predicted octanol–water partition coefficient (Wildman–Crippen LogP) is 4.41. The first-order chi connectivity index (χ1) is 15.7. The number of hydrogen-bond donors (Lipinski definition) is 2.